The van der Waals surface area contributed by atoms with Crippen LogP contribution in [0.4, 0.5) is 0 Å². The van der Waals surface area contributed by atoms with Crippen molar-refractivity contribution in [1.82, 2.24) is 10.3 Å². The average Bonchev–Trinajstić information content (AvgIpc) is 2.62. The van der Waals surface area contributed by atoms with Crippen LogP contribution in [0.25, 0.3) is 0 Å². The normalized spacial score (nSPS) is 10.3. The lowest BCUT2D eigenvalue weighted by molar-refractivity contribution is -0.135. The van der Waals surface area contributed by atoms with Crippen LogP contribution in [0.2, 0.25) is 0 Å². The molecule has 1 rings (SSSR count). The van der Waals surface area contributed by atoms with Gasteiger partial charge in [0.25, 0.3) is 5.91 Å². The number of aromatic nitrogens is 1. The molecule has 1 heterocycles. The average molecular weight is 228 g/mol. The summed E-state index contributed by atoms with van der Waals surface area (Å²) in [4.78, 5) is 25.7. The summed E-state index contributed by atoms with van der Waals surface area (Å²) < 4.78 is 0. The van der Waals surface area contributed by atoms with Gasteiger partial charge in [-0.2, -0.15) is 0 Å². The number of hydrogen-bond acceptors (Lipinski definition) is 4. The van der Waals surface area contributed by atoms with Gasteiger partial charge in [-0.3, -0.25) is 9.59 Å². The van der Waals surface area contributed by atoms with Gasteiger partial charge >= 0.3 is 5.97 Å². The number of carboxylic acid groups (broad SMARTS) is 1. The molecule has 0 spiro atoms. The second kappa shape index (κ2) is 4.88. The summed E-state index contributed by atoms with van der Waals surface area (Å²) in [5, 5.41) is 13.1. The summed E-state index contributed by atoms with van der Waals surface area (Å²) in [5.41, 5.74) is 0.282. The molecule has 1 amide bonds. The number of hydrogen-bond donors (Lipinski definition) is 2. The minimum Gasteiger partial charge on any atom is -0.480 e. The van der Waals surface area contributed by atoms with Crippen molar-refractivity contribution in [3.05, 3.63) is 16.1 Å². The van der Waals surface area contributed by atoms with Crippen molar-refractivity contribution in [2.45, 2.75) is 19.8 Å². The molecule has 0 aliphatic rings. The fraction of sp³-hybridized carbons (Fsp3) is 0.444. The Morgan fingerprint density at radius 3 is 2.73 bits per heavy atom. The van der Waals surface area contributed by atoms with Crippen LogP contribution in [0.3, 0.4) is 0 Å². The Morgan fingerprint density at radius 1 is 1.60 bits per heavy atom. The van der Waals surface area contributed by atoms with E-state index in [-0.39, 0.29) is 18.2 Å². The Kier molecular flexibility index (Phi) is 3.79. The zero-order valence-electron chi connectivity index (χ0n) is 8.48. The number of carboxylic acids is 1. The summed E-state index contributed by atoms with van der Waals surface area (Å²) in [6, 6.07) is 0. The molecule has 0 radical (unpaired) electrons. The van der Waals surface area contributed by atoms with E-state index in [4.69, 9.17) is 5.11 Å². The topological polar surface area (TPSA) is 79.3 Å². The maximum Gasteiger partial charge on any atom is 0.322 e. The number of rotatable bonds is 4. The SMILES string of the molecule is CC(C)c1nc(C(=O)NCC(=O)O)cs1. The quantitative estimate of drug-likeness (QED) is 0.808. The lowest BCUT2D eigenvalue weighted by Gasteiger charge is -1.98. The molecule has 5 nitrogen and oxygen atoms in total. The smallest absolute Gasteiger partial charge is 0.322 e. The predicted octanol–water partition coefficient (Wildman–Crippen LogP) is 1.08. The van der Waals surface area contributed by atoms with Crippen molar-refractivity contribution >= 4 is 23.2 Å². The van der Waals surface area contributed by atoms with E-state index in [9.17, 15) is 9.59 Å². The molecule has 0 bridgehead atoms. The molecule has 6 heteroatoms. The number of carbonyl (C=O) groups excluding carboxylic acids is 1. The van der Waals surface area contributed by atoms with Crippen molar-refractivity contribution in [3.63, 3.8) is 0 Å². The molecule has 1 aromatic rings. The maximum absolute atomic E-state index is 11.4. The molecule has 0 fully saturated rings. The van der Waals surface area contributed by atoms with Gasteiger partial charge in [0.15, 0.2) is 0 Å². The van der Waals surface area contributed by atoms with Gasteiger partial charge in [0, 0.05) is 11.3 Å². The molecule has 1 aromatic heterocycles. The van der Waals surface area contributed by atoms with Crippen LogP contribution in [0, 0.1) is 0 Å². The molecule has 2 N–H and O–H groups in total. The summed E-state index contributed by atoms with van der Waals surface area (Å²) >= 11 is 1.40. The standard InChI is InChI=1S/C9H12N2O3S/c1-5(2)9-11-6(4-15-9)8(14)10-3-7(12)13/h4-5H,3H2,1-2H3,(H,10,14)(H,12,13). The molecule has 15 heavy (non-hydrogen) atoms. The number of carbonyl (C=O) groups is 2. The highest BCUT2D eigenvalue weighted by Gasteiger charge is 2.12. The van der Waals surface area contributed by atoms with E-state index in [0.717, 1.165) is 5.01 Å². The second-order valence-corrected chi connectivity index (χ2v) is 4.19. The number of thiazole rings is 1. The molecular formula is C9H12N2O3S. The summed E-state index contributed by atoms with van der Waals surface area (Å²) in [7, 11) is 0. The van der Waals surface area contributed by atoms with E-state index >= 15 is 0 Å². The lowest BCUT2D eigenvalue weighted by Crippen LogP contribution is -2.29. The van der Waals surface area contributed by atoms with Gasteiger partial charge < -0.3 is 10.4 Å². The van der Waals surface area contributed by atoms with Crippen LogP contribution in [0.1, 0.15) is 35.3 Å². The predicted molar refractivity (Wildman–Crippen MR) is 56.2 cm³/mol. The maximum atomic E-state index is 11.4. The fourth-order valence-electron chi connectivity index (χ4n) is 0.904. The molecule has 0 aliphatic heterocycles. The third kappa shape index (κ3) is 3.32. The number of nitrogens with one attached hydrogen (secondary N) is 1. The van der Waals surface area contributed by atoms with Crippen molar-refractivity contribution in [2.24, 2.45) is 0 Å². The summed E-state index contributed by atoms with van der Waals surface area (Å²) in [6.07, 6.45) is 0. The number of aliphatic carboxylic acids is 1. The minimum atomic E-state index is -1.07. The van der Waals surface area contributed by atoms with E-state index in [0.29, 0.717) is 0 Å². The summed E-state index contributed by atoms with van der Waals surface area (Å²) in [6.45, 7) is 3.59. The highest BCUT2D eigenvalue weighted by Crippen LogP contribution is 2.18. The molecule has 0 aromatic carbocycles. The number of amides is 1. The Labute approximate surface area is 91.1 Å². The molecular weight excluding hydrogens is 216 g/mol. The number of nitrogens with zero attached hydrogens (tertiary/aromatic N) is 1. The third-order valence-electron chi connectivity index (χ3n) is 1.65. The van der Waals surface area contributed by atoms with Crippen LogP contribution >= 0.6 is 11.3 Å². The first-order valence-corrected chi connectivity index (χ1v) is 5.34. The molecule has 0 atom stereocenters. The van der Waals surface area contributed by atoms with E-state index in [1.807, 2.05) is 13.8 Å². The first-order valence-electron chi connectivity index (χ1n) is 4.46. The van der Waals surface area contributed by atoms with Gasteiger partial charge in [0.2, 0.25) is 0 Å². The highest BCUT2D eigenvalue weighted by atomic mass is 32.1. The molecule has 0 saturated heterocycles. The van der Waals surface area contributed by atoms with Crippen molar-refractivity contribution in [1.29, 1.82) is 0 Å². The van der Waals surface area contributed by atoms with Crippen LogP contribution in [-0.2, 0) is 4.79 Å². The van der Waals surface area contributed by atoms with E-state index in [2.05, 4.69) is 10.3 Å². The Morgan fingerprint density at radius 2 is 2.27 bits per heavy atom. The Balaban J connectivity index is 2.62. The minimum absolute atomic E-state index is 0.274. The highest BCUT2D eigenvalue weighted by molar-refractivity contribution is 7.09. The fourth-order valence-corrected chi connectivity index (χ4v) is 1.72. The van der Waals surface area contributed by atoms with Gasteiger partial charge in [0.1, 0.15) is 12.2 Å². The van der Waals surface area contributed by atoms with Crippen molar-refractivity contribution < 1.29 is 14.7 Å². The van der Waals surface area contributed by atoms with Crippen LogP contribution in [-0.4, -0.2) is 28.5 Å². The van der Waals surface area contributed by atoms with Crippen molar-refractivity contribution in [2.75, 3.05) is 6.54 Å². The van der Waals surface area contributed by atoms with Gasteiger partial charge in [0.05, 0.1) is 5.01 Å². The zero-order valence-corrected chi connectivity index (χ0v) is 9.30. The largest absolute Gasteiger partial charge is 0.480 e. The molecule has 82 valence electrons. The van der Waals surface area contributed by atoms with Gasteiger partial charge in [-0.1, -0.05) is 13.8 Å². The first kappa shape index (κ1) is 11.6. The monoisotopic (exact) mass is 228 g/mol. The van der Waals surface area contributed by atoms with E-state index < -0.39 is 11.9 Å². The zero-order chi connectivity index (χ0) is 11.4. The molecule has 0 aliphatic carbocycles. The summed E-state index contributed by atoms with van der Waals surface area (Å²) in [5.74, 6) is -1.24. The van der Waals surface area contributed by atoms with Gasteiger partial charge in [-0.05, 0) is 0 Å². The third-order valence-corrected chi connectivity index (χ3v) is 2.79. The van der Waals surface area contributed by atoms with Crippen LogP contribution < -0.4 is 5.32 Å². The van der Waals surface area contributed by atoms with Crippen molar-refractivity contribution in [3.8, 4) is 0 Å². The second-order valence-electron chi connectivity index (χ2n) is 3.30. The first-order chi connectivity index (χ1) is 7.00. The van der Waals surface area contributed by atoms with E-state index in [1.165, 1.54) is 11.3 Å². The van der Waals surface area contributed by atoms with Gasteiger partial charge in [-0.15, -0.1) is 11.3 Å². The van der Waals surface area contributed by atoms with Crippen LogP contribution in [0.5, 0.6) is 0 Å². The Bertz CT molecular complexity index is 373. The van der Waals surface area contributed by atoms with E-state index in [1.54, 1.807) is 5.38 Å². The van der Waals surface area contributed by atoms with Gasteiger partial charge in [-0.25, -0.2) is 4.98 Å². The Hall–Kier alpha value is -1.43. The molecule has 0 unspecified atom stereocenters. The molecule has 0 saturated carbocycles. The lowest BCUT2D eigenvalue weighted by atomic mass is 10.2. The van der Waals surface area contributed by atoms with Crippen LogP contribution in [0.15, 0.2) is 5.38 Å².